The Kier molecular flexibility index (Phi) is 4.85. The van der Waals surface area contributed by atoms with Crippen molar-refractivity contribution in [2.75, 3.05) is 13.1 Å². The molecule has 2 aromatic carbocycles. The highest BCUT2D eigenvalue weighted by Crippen LogP contribution is 2.50. The minimum Gasteiger partial charge on any atom is -0.490 e. The Balaban J connectivity index is 1.44. The van der Waals surface area contributed by atoms with E-state index in [0.29, 0.717) is 0 Å². The highest BCUT2D eigenvalue weighted by atomic mass is 79.9. The topological polar surface area (TPSA) is 46.6 Å². The van der Waals surface area contributed by atoms with Gasteiger partial charge in [0, 0.05) is 53.9 Å². The highest BCUT2D eigenvalue weighted by Gasteiger charge is 2.43. The minimum absolute atomic E-state index is 0.0962. The molecule has 0 unspecified atom stereocenters. The molecule has 4 nitrogen and oxygen atoms in total. The average Bonchev–Trinajstić information content (AvgIpc) is 3.12. The maximum absolute atomic E-state index is 13.5. The van der Waals surface area contributed by atoms with Crippen LogP contribution in [0.15, 0.2) is 46.4 Å². The lowest BCUT2D eigenvalue weighted by Crippen LogP contribution is -2.40. The van der Waals surface area contributed by atoms with Crippen LogP contribution in [0, 0.1) is 0 Å². The fraction of sp³-hybridized carbons (Fsp3) is 0.385. The van der Waals surface area contributed by atoms with E-state index in [1.807, 2.05) is 23.1 Å². The van der Waals surface area contributed by atoms with Crippen LogP contribution in [0.5, 0.6) is 5.75 Å². The number of hydrogen-bond acceptors (Lipinski definition) is 3. The second-order valence-electron chi connectivity index (χ2n) is 9.32. The number of fused-ring (bicyclic) bond motifs is 3. The number of carbonyl (C=O) groups is 2. The summed E-state index contributed by atoms with van der Waals surface area (Å²) in [5, 5.41) is 0. The van der Waals surface area contributed by atoms with Gasteiger partial charge in [0.05, 0.1) is 0 Å². The number of ether oxygens (including phenoxy) is 1. The molecule has 0 bridgehead atoms. The Bertz CT molecular complexity index is 1140. The quantitative estimate of drug-likeness (QED) is 0.585. The fourth-order valence-electron chi connectivity index (χ4n) is 5.28. The molecule has 0 saturated carbocycles. The summed E-state index contributed by atoms with van der Waals surface area (Å²) in [7, 11) is 0. The smallest absolute Gasteiger partial charge is 0.219 e. The van der Waals surface area contributed by atoms with Crippen molar-refractivity contribution < 1.29 is 14.3 Å². The first kappa shape index (κ1) is 20.5. The summed E-state index contributed by atoms with van der Waals surface area (Å²) in [6, 6.07) is 12.1. The van der Waals surface area contributed by atoms with Crippen molar-refractivity contribution >= 4 is 33.2 Å². The zero-order chi connectivity index (χ0) is 21.9. The maximum atomic E-state index is 13.5. The lowest BCUT2D eigenvalue weighted by Gasteiger charge is -2.35. The Morgan fingerprint density at radius 2 is 1.81 bits per heavy atom. The Morgan fingerprint density at radius 3 is 2.52 bits per heavy atom. The molecule has 1 amide bonds. The number of Topliss-reactive ketones (excluding diaryl/α,β-unsaturated/α-hetero) is 1. The molecule has 0 radical (unpaired) electrons. The van der Waals surface area contributed by atoms with E-state index in [1.54, 1.807) is 6.92 Å². The molecular weight excluding hydrogens is 454 g/mol. The molecule has 5 rings (SSSR count). The van der Waals surface area contributed by atoms with Crippen LogP contribution in [0.3, 0.4) is 0 Å². The van der Waals surface area contributed by atoms with Gasteiger partial charge in [-0.25, -0.2) is 0 Å². The van der Waals surface area contributed by atoms with Gasteiger partial charge in [-0.05, 0) is 59.0 Å². The average molecular weight is 480 g/mol. The molecule has 5 heteroatoms. The summed E-state index contributed by atoms with van der Waals surface area (Å²) in [4.78, 5) is 26.9. The van der Waals surface area contributed by atoms with Gasteiger partial charge in [-0.3, -0.25) is 9.59 Å². The summed E-state index contributed by atoms with van der Waals surface area (Å²) in [5.41, 5.74) is 5.93. The van der Waals surface area contributed by atoms with Crippen LogP contribution < -0.4 is 4.74 Å². The molecule has 31 heavy (non-hydrogen) atoms. The molecule has 2 aromatic rings. The second-order valence-corrected chi connectivity index (χ2v) is 10.2. The number of ketones is 1. The van der Waals surface area contributed by atoms with E-state index < -0.39 is 0 Å². The highest BCUT2D eigenvalue weighted by molar-refractivity contribution is 9.10. The molecule has 1 aliphatic heterocycles. The maximum Gasteiger partial charge on any atom is 0.219 e. The zero-order valence-electron chi connectivity index (χ0n) is 18.1. The number of amides is 1. The first-order chi connectivity index (χ1) is 14.8. The van der Waals surface area contributed by atoms with Gasteiger partial charge in [-0.15, -0.1) is 0 Å². The number of piperidine rings is 1. The van der Waals surface area contributed by atoms with Crippen molar-refractivity contribution in [3.63, 3.8) is 0 Å². The van der Waals surface area contributed by atoms with Gasteiger partial charge in [-0.1, -0.05) is 35.8 Å². The molecule has 1 fully saturated rings. The van der Waals surface area contributed by atoms with Gasteiger partial charge in [0.1, 0.15) is 11.9 Å². The molecule has 2 aliphatic carbocycles. The van der Waals surface area contributed by atoms with Crippen LogP contribution in [0.4, 0.5) is 0 Å². The summed E-state index contributed by atoms with van der Waals surface area (Å²) >= 11 is 3.56. The van der Waals surface area contributed by atoms with Crippen molar-refractivity contribution in [2.45, 2.75) is 51.6 Å². The molecule has 0 spiro atoms. The normalized spacial score (nSPS) is 19.7. The van der Waals surface area contributed by atoms with E-state index in [4.69, 9.17) is 4.74 Å². The number of nitrogens with zero attached hydrogens (tertiary/aromatic N) is 1. The van der Waals surface area contributed by atoms with Gasteiger partial charge in [0.15, 0.2) is 5.78 Å². The fourth-order valence-corrected chi connectivity index (χ4v) is 5.69. The Morgan fingerprint density at radius 1 is 1.10 bits per heavy atom. The van der Waals surface area contributed by atoms with Gasteiger partial charge in [0.2, 0.25) is 5.91 Å². The van der Waals surface area contributed by atoms with E-state index in [2.05, 4.69) is 48.0 Å². The summed E-state index contributed by atoms with van der Waals surface area (Å²) < 4.78 is 7.34. The van der Waals surface area contributed by atoms with Gasteiger partial charge >= 0.3 is 0 Å². The van der Waals surface area contributed by atoms with Crippen molar-refractivity contribution in [1.82, 2.24) is 4.90 Å². The van der Waals surface area contributed by atoms with Crippen LogP contribution in [-0.4, -0.2) is 35.8 Å². The minimum atomic E-state index is -0.249. The number of allylic oxidation sites excluding steroid dienone is 2. The van der Waals surface area contributed by atoms with E-state index in [0.717, 1.165) is 64.8 Å². The van der Waals surface area contributed by atoms with Crippen molar-refractivity contribution in [1.29, 1.82) is 0 Å². The molecule has 1 heterocycles. The van der Waals surface area contributed by atoms with E-state index in [-0.39, 0.29) is 23.2 Å². The zero-order valence-corrected chi connectivity index (χ0v) is 19.7. The number of rotatable bonds is 2. The molecule has 160 valence electrons. The number of likely N-dealkylation sites (tertiary alicyclic amines) is 1. The van der Waals surface area contributed by atoms with Crippen LogP contribution in [0.2, 0.25) is 0 Å². The molecular formula is C26H26BrNO3. The van der Waals surface area contributed by atoms with Crippen LogP contribution in [0.25, 0.3) is 5.57 Å². The third-order valence-electron chi connectivity index (χ3n) is 7.09. The molecule has 0 aromatic heterocycles. The first-order valence-corrected chi connectivity index (χ1v) is 11.7. The van der Waals surface area contributed by atoms with E-state index in [9.17, 15) is 9.59 Å². The monoisotopic (exact) mass is 479 g/mol. The summed E-state index contributed by atoms with van der Waals surface area (Å²) in [6.45, 7) is 7.51. The van der Waals surface area contributed by atoms with Gasteiger partial charge in [0.25, 0.3) is 0 Å². The van der Waals surface area contributed by atoms with Crippen LogP contribution >= 0.6 is 15.9 Å². The number of hydrogen-bond donors (Lipinski definition) is 0. The van der Waals surface area contributed by atoms with Crippen LogP contribution in [-0.2, 0) is 16.6 Å². The third kappa shape index (κ3) is 3.34. The number of carbonyl (C=O) groups excluding carboxylic acids is 2. The standard InChI is InChI=1S/C26H26BrNO3/c1-15(29)28-10-8-18(9-11-28)31-19-5-7-21-22(14-19)26(2,3)23-13-16-12-17(27)4-6-20(16)24(23)25(21)30/h4-7,12,14,18H,8-11,13H2,1-3H3. The molecule has 3 aliphatic rings. The predicted octanol–water partition coefficient (Wildman–Crippen LogP) is 5.32. The largest absolute Gasteiger partial charge is 0.490 e. The third-order valence-corrected chi connectivity index (χ3v) is 7.58. The Labute approximate surface area is 191 Å². The number of halogens is 1. The lowest BCUT2D eigenvalue weighted by molar-refractivity contribution is -0.130. The molecule has 1 saturated heterocycles. The Hall–Kier alpha value is -2.40. The second kappa shape index (κ2) is 7.33. The van der Waals surface area contributed by atoms with Gasteiger partial charge in [-0.2, -0.15) is 0 Å². The summed E-state index contributed by atoms with van der Waals surface area (Å²) in [5.74, 6) is 1.05. The van der Waals surface area contributed by atoms with Crippen molar-refractivity contribution in [3.05, 3.63) is 68.7 Å². The predicted molar refractivity (Wildman–Crippen MR) is 124 cm³/mol. The molecule has 0 atom stereocenters. The van der Waals surface area contributed by atoms with Crippen molar-refractivity contribution in [3.8, 4) is 5.75 Å². The SMILES string of the molecule is CC(=O)N1CCC(Oc2ccc3c(c2)C(C)(C)C2=C(C3=O)c3ccc(Br)cc3C2)CC1. The van der Waals surface area contributed by atoms with E-state index in [1.165, 1.54) is 11.1 Å². The van der Waals surface area contributed by atoms with Crippen molar-refractivity contribution in [2.24, 2.45) is 0 Å². The summed E-state index contributed by atoms with van der Waals surface area (Å²) in [6.07, 6.45) is 2.56. The molecule has 0 N–H and O–H groups in total. The van der Waals surface area contributed by atoms with E-state index >= 15 is 0 Å². The van der Waals surface area contributed by atoms with Crippen LogP contribution in [0.1, 0.15) is 60.7 Å². The van der Waals surface area contributed by atoms with Gasteiger partial charge < -0.3 is 9.64 Å². The first-order valence-electron chi connectivity index (χ1n) is 10.9. The number of benzene rings is 2. The lowest BCUT2D eigenvalue weighted by atomic mass is 9.68.